The van der Waals surface area contributed by atoms with Crippen LogP contribution in [0.2, 0.25) is 0 Å². The maximum atomic E-state index is 13.6. The van der Waals surface area contributed by atoms with Crippen LogP contribution in [0.25, 0.3) is 0 Å². The molecule has 1 aliphatic carbocycles. The number of guanidine groups is 1. The van der Waals surface area contributed by atoms with Crippen molar-refractivity contribution in [3.05, 3.63) is 59.2 Å². The van der Waals surface area contributed by atoms with E-state index in [4.69, 9.17) is 15.2 Å². The van der Waals surface area contributed by atoms with Gasteiger partial charge in [0.1, 0.15) is 6.04 Å². The predicted molar refractivity (Wildman–Crippen MR) is 144 cm³/mol. The van der Waals surface area contributed by atoms with E-state index in [0.717, 1.165) is 24.8 Å². The topological polar surface area (TPSA) is 106 Å². The number of ether oxygens (including phenoxy) is 2. The molecule has 1 atom stereocenters. The van der Waals surface area contributed by atoms with Crippen LogP contribution in [-0.2, 0) is 29.0 Å². The van der Waals surface area contributed by atoms with E-state index in [2.05, 4.69) is 22.4 Å². The molecule has 37 heavy (non-hydrogen) atoms. The van der Waals surface area contributed by atoms with Gasteiger partial charge in [-0.25, -0.2) is 4.99 Å². The zero-order valence-corrected chi connectivity index (χ0v) is 21.9. The summed E-state index contributed by atoms with van der Waals surface area (Å²) in [6.07, 6.45) is 7.41. The Balaban J connectivity index is 1.45. The molecule has 4 rings (SSSR count). The van der Waals surface area contributed by atoms with Crippen molar-refractivity contribution in [2.45, 2.75) is 64.0 Å². The minimum atomic E-state index is -0.602. The highest BCUT2D eigenvalue weighted by Crippen LogP contribution is 2.30. The Hall–Kier alpha value is -3.55. The number of rotatable bonds is 8. The van der Waals surface area contributed by atoms with Crippen LogP contribution < -0.4 is 20.5 Å². The van der Waals surface area contributed by atoms with Crippen LogP contribution in [0, 0.1) is 5.92 Å². The van der Waals surface area contributed by atoms with E-state index in [9.17, 15) is 9.59 Å². The van der Waals surface area contributed by atoms with Crippen LogP contribution in [0.3, 0.4) is 0 Å². The van der Waals surface area contributed by atoms with Gasteiger partial charge in [0, 0.05) is 13.1 Å². The van der Waals surface area contributed by atoms with E-state index in [1.165, 1.54) is 30.4 Å². The van der Waals surface area contributed by atoms with Crippen molar-refractivity contribution in [3.63, 3.8) is 0 Å². The zero-order chi connectivity index (χ0) is 26.2. The van der Waals surface area contributed by atoms with Crippen LogP contribution in [0.1, 0.15) is 55.2 Å². The van der Waals surface area contributed by atoms with Crippen molar-refractivity contribution in [3.8, 4) is 11.5 Å². The molecular weight excluding hydrogens is 468 g/mol. The molecule has 1 fully saturated rings. The first-order chi connectivity index (χ1) is 18.0. The van der Waals surface area contributed by atoms with Crippen LogP contribution in [0.15, 0.2) is 47.5 Å². The number of nitrogens with zero attached hydrogens (tertiary/aromatic N) is 2. The first-order valence-electron chi connectivity index (χ1n) is 13.2. The Labute approximate surface area is 219 Å². The summed E-state index contributed by atoms with van der Waals surface area (Å²) in [7, 11) is 3.12. The van der Waals surface area contributed by atoms with Gasteiger partial charge in [-0.05, 0) is 47.6 Å². The average Bonchev–Trinajstić information content (AvgIpc) is 2.92. The number of hydrogen-bond acceptors (Lipinski definition) is 5. The molecule has 1 unspecified atom stereocenters. The largest absolute Gasteiger partial charge is 0.493 e. The first-order valence-corrected chi connectivity index (χ1v) is 13.2. The summed E-state index contributed by atoms with van der Waals surface area (Å²) < 4.78 is 10.6. The molecule has 2 aliphatic rings. The van der Waals surface area contributed by atoms with Gasteiger partial charge in [0.25, 0.3) is 0 Å². The Morgan fingerprint density at radius 3 is 2.51 bits per heavy atom. The highest BCUT2D eigenvalue weighted by Gasteiger charge is 2.30. The van der Waals surface area contributed by atoms with Crippen LogP contribution in [0.4, 0.5) is 0 Å². The smallest absolute Gasteiger partial charge is 0.247 e. The molecular formula is C29H38N4O4. The maximum absolute atomic E-state index is 13.6. The molecule has 1 heterocycles. The second-order valence-corrected chi connectivity index (χ2v) is 9.96. The molecule has 0 radical (unpaired) electrons. The summed E-state index contributed by atoms with van der Waals surface area (Å²) in [5.41, 5.74) is 9.41. The van der Waals surface area contributed by atoms with Crippen molar-refractivity contribution in [1.82, 2.24) is 10.2 Å². The van der Waals surface area contributed by atoms with Crippen molar-refractivity contribution in [2.24, 2.45) is 16.6 Å². The molecule has 198 valence electrons. The summed E-state index contributed by atoms with van der Waals surface area (Å²) in [5, 5.41) is 2.68. The summed E-state index contributed by atoms with van der Waals surface area (Å²) in [4.78, 5) is 32.8. The molecule has 0 aromatic heterocycles. The zero-order valence-electron chi connectivity index (χ0n) is 21.9. The fraction of sp³-hybridized carbons (Fsp3) is 0.483. The molecule has 2 aromatic rings. The Kier molecular flexibility index (Phi) is 9.04. The fourth-order valence-electron chi connectivity index (χ4n) is 5.41. The Morgan fingerprint density at radius 2 is 1.78 bits per heavy atom. The van der Waals surface area contributed by atoms with E-state index in [1.54, 1.807) is 32.4 Å². The van der Waals surface area contributed by atoms with Gasteiger partial charge in [-0.1, -0.05) is 62.4 Å². The summed E-state index contributed by atoms with van der Waals surface area (Å²) >= 11 is 0. The van der Waals surface area contributed by atoms with Gasteiger partial charge in [0.2, 0.25) is 11.8 Å². The number of methoxy groups -OCH3 is 2. The third kappa shape index (κ3) is 7.02. The number of nitrogens with one attached hydrogen (secondary N) is 1. The molecule has 2 aromatic carbocycles. The normalized spacial score (nSPS) is 17.0. The van der Waals surface area contributed by atoms with Crippen LogP contribution in [-0.4, -0.2) is 49.5 Å². The fourth-order valence-corrected chi connectivity index (χ4v) is 5.41. The van der Waals surface area contributed by atoms with Gasteiger partial charge < -0.3 is 20.1 Å². The maximum Gasteiger partial charge on any atom is 0.247 e. The lowest BCUT2D eigenvalue weighted by Crippen LogP contribution is -2.45. The van der Waals surface area contributed by atoms with Gasteiger partial charge in [-0.3, -0.25) is 14.9 Å². The van der Waals surface area contributed by atoms with E-state index in [-0.39, 0.29) is 24.2 Å². The Bertz CT molecular complexity index is 1130. The Morgan fingerprint density at radius 1 is 1.05 bits per heavy atom. The number of carbonyl (C=O) groups excluding carboxylic acids is 2. The predicted octanol–water partition coefficient (Wildman–Crippen LogP) is 3.60. The molecule has 8 heteroatoms. The lowest BCUT2D eigenvalue weighted by atomic mass is 9.84. The van der Waals surface area contributed by atoms with Gasteiger partial charge in [0.15, 0.2) is 17.5 Å². The SMILES string of the molecule is COc1ccc(CC(=O)NC(N)=NC(CC2CCCCC2)C(=O)N2CCc3ccccc3C2)cc1OC. The number of nitrogens with two attached hydrogens (primary N) is 1. The molecule has 1 saturated carbocycles. The van der Waals surface area contributed by atoms with Crippen molar-refractivity contribution < 1.29 is 19.1 Å². The quantitative estimate of drug-likeness (QED) is 0.420. The highest BCUT2D eigenvalue weighted by molar-refractivity contribution is 5.98. The van der Waals surface area contributed by atoms with Crippen molar-refractivity contribution >= 4 is 17.8 Å². The molecule has 0 bridgehead atoms. The minimum Gasteiger partial charge on any atom is -0.493 e. The average molecular weight is 507 g/mol. The van der Waals surface area contributed by atoms with Crippen LogP contribution in [0.5, 0.6) is 11.5 Å². The monoisotopic (exact) mass is 506 g/mol. The molecule has 0 spiro atoms. The molecule has 3 N–H and O–H groups in total. The molecule has 0 saturated heterocycles. The second-order valence-electron chi connectivity index (χ2n) is 9.96. The number of fused-ring (bicyclic) bond motifs is 1. The third-order valence-electron chi connectivity index (χ3n) is 7.38. The molecule has 1 aliphatic heterocycles. The second kappa shape index (κ2) is 12.6. The van der Waals surface area contributed by atoms with Gasteiger partial charge >= 0.3 is 0 Å². The molecule has 2 amide bonds. The van der Waals surface area contributed by atoms with Gasteiger partial charge in [0.05, 0.1) is 20.6 Å². The minimum absolute atomic E-state index is 0.0165. The first kappa shape index (κ1) is 26.5. The number of hydrogen-bond donors (Lipinski definition) is 2. The third-order valence-corrected chi connectivity index (χ3v) is 7.38. The van der Waals surface area contributed by atoms with Gasteiger partial charge in [-0.15, -0.1) is 0 Å². The van der Waals surface area contributed by atoms with E-state index in [1.807, 2.05) is 17.0 Å². The number of aliphatic imine (C=N–C) groups is 1. The van der Waals surface area contributed by atoms with E-state index >= 15 is 0 Å². The standard InChI is InChI=1S/C29H38N4O4/c1-36-25-13-12-21(17-26(25)37-2)18-27(34)32-29(30)31-24(16-20-8-4-3-5-9-20)28(35)33-15-14-22-10-6-7-11-23(22)19-33/h6-7,10-13,17,20,24H,3-5,8-9,14-16,18-19H2,1-2H3,(H3,30,31,32,34). The van der Waals surface area contributed by atoms with Gasteiger partial charge in [-0.2, -0.15) is 0 Å². The number of benzene rings is 2. The summed E-state index contributed by atoms with van der Waals surface area (Å²) in [6, 6.07) is 13.0. The van der Waals surface area contributed by atoms with Crippen LogP contribution >= 0.6 is 0 Å². The van der Waals surface area contributed by atoms with E-state index in [0.29, 0.717) is 36.9 Å². The number of amides is 2. The lowest BCUT2D eigenvalue weighted by molar-refractivity contribution is -0.134. The lowest BCUT2D eigenvalue weighted by Gasteiger charge is -2.32. The highest BCUT2D eigenvalue weighted by atomic mass is 16.5. The summed E-state index contributed by atoms with van der Waals surface area (Å²) in [5.74, 6) is 1.25. The van der Waals surface area contributed by atoms with E-state index < -0.39 is 6.04 Å². The molecule has 8 nitrogen and oxygen atoms in total. The van der Waals surface area contributed by atoms with Crippen molar-refractivity contribution in [2.75, 3.05) is 20.8 Å². The summed E-state index contributed by atoms with van der Waals surface area (Å²) in [6.45, 7) is 1.25. The van der Waals surface area contributed by atoms with Crippen molar-refractivity contribution in [1.29, 1.82) is 0 Å². The number of carbonyl (C=O) groups is 2.